The molecule has 3 nitrogen and oxygen atoms in total. The van der Waals surface area contributed by atoms with Crippen LogP contribution in [0, 0.1) is 6.92 Å². The molecule has 5 heteroatoms. The molecule has 2 aromatic heterocycles. The van der Waals surface area contributed by atoms with Crippen LogP contribution in [-0.2, 0) is 5.75 Å². The summed E-state index contributed by atoms with van der Waals surface area (Å²) < 4.78 is 5.53. The second-order valence-corrected chi connectivity index (χ2v) is 5.96. The molecule has 0 bridgehead atoms. The van der Waals surface area contributed by atoms with Gasteiger partial charge in [-0.25, -0.2) is 9.97 Å². The van der Waals surface area contributed by atoms with Gasteiger partial charge in [0.15, 0.2) is 0 Å². The third kappa shape index (κ3) is 3.46. The molecule has 0 atom stereocenters. The van der Waals surface area contributed by atoms with Crippen molar-refractivity contribution < 1.29 is 4.42 Å². The predicted molar refractivity (Wildman–Crippen MR) is 85.5 cm³/mol. The molecule has 0 radical (unpaired) electrons. The van der Waals surface area contributed by atoms with Gasteiger partial charge in [0.1, 0.15) is 11.3 Å². The maximum absolute atomic E-state index is 6.08. The second kappa shape index (κ2) is 6.33. The van der Waals surface area contributed by atoms with Crippen LogP contribution in [0.1, 0.15) is 11.3 Å². The van der Waals surface area contributed by atoms with Crippen LogP contribution < -0.4 is 0 Å². The maximum atomic E-state index is 6.08. The molecular weight excluding hydrogens is 304 g/mol. The third-order valence-corrected chi connectivity index (χ3v) is 4.39. The summed E-state index contributed by atoms with van der Waals surface area (Å²) in [5, 5.41) is 1.46. The quantitative estimate of drug-likeness (QED) is 0.636. The maximum Gasteiger partial charge on any atom is 0.226 e. The van der Waals surface area contributed by atoms with E-state index in [1.54, 1.807) is 24.2 Å². The van der Waals surface area contributed by atoms with Gasteiger partial charge < -0.3 is 4.42 Å². The number of aromatic nitrogens is 2. The Labute approximate surface area is 132 Å². The van der Waals surface area contributed by atoms with Gasteiger partial charge >= 0.3 is 0 Å². The molecule has 2 heterocycles. The molecular formula is C16H13ClN2OS. The lowest BCUT2D eigenvalue weighted by atomic mass is 10.1. The number of pyridine rings is 1. The van der Waals surface area contributed by atoms with Crippen LogP contribution in [0.2, 0.25) is 5.02 Å². The highest BCUT2D eigenvalue weighted by molar-refractivity contribution is 7.98. The molecule has 0 unspecified atom stereocenters. The minimum Gasteiger partial charge on any atom is -0.444 e. The van der Waals surface area contributed by atoms with E-state index in [4.69, 9.17) is 16.0 Å². The molecule has 0 N–H and O–H groups in total. The van der Waals surface area contributed by atoms with E-state index in [-0.39, 0.29) is 0 Å². The molecule has 0 spiro atoms. The topological polar surface area (TPSA) is 38.9 Å². The minimum absolute atomic E-state index is 0.637. The molecule has 0 aliphatic rings. The fourth-order valence-electron chi connectivity index (χ4n) is 1.82. The molecule has 21 heavy (non-hydrogen) atoms. The van der Waals surface area contributed by atoms with Crippen molar-refractivity contribution in [2.24, 2.45) is 0 Å². The smallest absolute Gasteiger partial charge is 0.226 e. The molecule has 0 aliphatic heterocycles. The van der Waals surface area contributed by atoms with E-state index < -0.39 is 0 Å². The van der Waals surface area contributed by atoms with Crippen molar-refractivity contribution in [2.75, 3.05) is 0 Å². The van der Waals surface area contributed by atoms with E-state index in [0.717, 1.165) is 16.3 Å². The van der Waals surface area contributed by atoms with Gasteiger partial charge in [-0.2, -0.15) is 0 Å². The Morgan fingerprint density at radius 3 is 2.76 bits per heavy atom. The number of hydrogen-bond donors (Lipinski definition) is 0. The highest BCUT2D eigenvalue weighted by Crippen LogP contribution is 2.28. The highest BCUT2D eigenvalue weighted by Gasteiger charge is 2.08. The van der Waals surface area contributed by atoms with Crippen LogP contribution in [0.15, 0.2) is 58.3 Å². The summed E-state index contributed by atoms with van der Waals surface area (Å²) in [4.78, 5) is 8.74. The van der Waals surface area contributed by atoms with Crippen LogP contribution in [-0.4, -0.2) is 9.97 Å². The first kappa shape index (κ1) is 14.2. The van der Waals surface area contributed by atoms with Gasteiger partial charge in [0.05, 0.1) is 10.7 Å². The molecule has 0 aliphatic carbocycles. The molecule has 0 amide bonds. The van der Waals surface area contributed by atoms with Gasteiger partial charge in [-0.15, -0.1) is 0 Å². The first-order chi connectivity index (χ1) is 10.2. The van der Waals surface area contributed by atoms with Crippen molar-refractivity contribution in [1.82, 2.24) is 9.97 Å². The standard InChI is InChI=1S/C16H13ClN2OS/c1-11-4-6-12(7-5-11)15-19-13(9-20-15)10-21-16-14(17)3-2-8-18-16/h2-9H,10H2,1H3. The van der Waals surface area contributed by atoms with E-state index >= 15 is 0 Å². The number of nitrogens with zero attached hydrogens (tertiary/aromatic N) is 2. The summed E-state index contributed by atoms with van der Waals surface area (Å²) in [6.07, 6.45) is 3.41. The first-order valence-corrected chi connectivity index (χ1v) is 7.83. The number of benzene rings is 1. The van der Waals surface area contributed by atoms with Gasteiger partial charge in [-0.3, -0.25) is 0 Å². The lowest BCUT2D eigenvalue weighted by Gasteiger charge is -1.99. The average Bonchev–Trinajstić information content (AvgIpc) is 2.96. The highest BCUT2D eigenvalue weighted by atomic mass is 35.5. The summed E-state index contributed by atoms with van der Waals surface area (Å²) in [6, 6.07) is 11.8. The van der Waals surface area contributed by atoms with Gasteiger partial charge in [-0.1, -0.05) is 41.1 Å². The molecule has 0 saturated heterocycles. The lowest BCUT2D eigenvalue weighted by Crippen LogP contribution is -1.85. The Bertz CT molecular complexity index is 740. The van der Waals surface area contributed by atoms with Gasteiger partial charge in [0.25, 0.3) is 0 Å². The predicted octanol–water partition coefficient (Wildman–Crippen LogP) is 4.99. The van der Waals surface area contributed by atoms with Crippen molar-refractivity contribution in [2.45, 2.75) is 17.7 Å². The molecule has 3 aromatic rings. The number of hydrogen-bond acceptors (Lipinski definition) is 4. The summed E-state index contributed by atoms with van der Waals surface area (Å²) in [7, 11) is 0. The minimum atomic E-state index is 0.637. The Hall–Kier alpha value is -1.78. The van der Waals surface area contributed by atoms with Crippen molar-refractivity contribution in [3.05, 3.63) is 65.1 Å². The Kier molecular flexibility index (Phi) is 4.27. The molecule has 0 fully saturated rings. The Balaban J connectivity index is 1.71. The van der Waals surface area contributed by atoms with Gasteiger partial charge in [-0.05, 0) is 31.2 Å². The number of thioether (sulfide) groups is 1. The summed E-state index contributed by atoms with van der Waals surface area (Å²) in [5.41, 5.74) is 3.07. The van der Waals surface area contributed by atoms with Crippen molar-refractivity contribution >= 4 is 23.4 Å². The fraction of sp³-hybridized carbons (Fsp3) is 0.125. The molecule has 106 valence electrons. The Morgan fingerprint density at radius 1 is 1.19 bits per heavy atom. The average molecular weight is 317 g/mol. The van der Waals surface area contributed by atoms with Crippen LogP contribution in [0.25, 0.3) is 11.5 Å². The zero-order chi connectivity index (χ0) is 14.7. The third-order valence-electron chi connectivity index (χ3n) is 2.93. The monoisotopic (exact) mass is 316 g/mol. The molecule has 3 rings (SSSR count). The largest absolute Gasteiger partial charge is 0.444 e. The zero-order valence-corrected chi connectivity index (χ0v) is 13.0. The number of rotatable bonds is 4. The van der Waals surface area contributed by atoms with Crippen molar-refractivity contribution in [1.29, 1.82) is 0 Å². The Morgan fingerprint density at radius 2 is 2.00 bits per heavy atom. The van der Waals surface area contributed by atoms with Crippen LogP contribution in [0.3, 0.4) is 0 Å². The summed E-state index contributed by atoms with van der Waals surface area (Å²) in [6.45, 7) is 2.05. The normalized spacial score (nSPS) is 10.8. The van der Waals surface area contributed by atoms with Gasteiger partial charge in [0.2, 0.25) is 5.89 Å². The van der Waals surface area contributed by atoms with E-state index in [1.165, 1.54) is 5.56 Å². The zero-order valence-electron chi connectivity index (χ0n) is 11.4. The summed E-state index contributed by atoms with van der Waals surface area (Å²) >= 11 is 7.62. The second-order valence-electron chi connectivity index (χ2n) is 4.59. The van der Waals surface area contributed by atoms with Crippen LogP contribution >= 0.6 is 23.4 Å². The fourth-order valence-corrected chi connectivity index (χ4v) is 2.87. The number of oxazole rings is 1. The number of aryl methyl sites for hydroxylation is 1. The van der Waals surface area contributed by atoms with E-state index in [9.17, 15) is 0 Å². The van der Waals surface area contributed by atoms with Crippen molar-refractivity contribution in [3.8, 4) is 11.5 Å². The van der Waals surface area contributed by atoms with E-state index in [0.29, 0.717) is 16.7 Å². The molecule has 1 aromatic carbocycles. The summed E-state index contributed by atoms with van der Waals surface area (Å²) in [5.74, 6) is 1.31. The van der Waals surface area contributed by atoms with Crippen molar-refractivity contribution in [3.63, 3.8) is 0 Å². The lowest BCUT2D eigenvalue weighted by molar-refractivity contribution is 0.573. The molecule has 0 saturated carbocycles. The SMILES string of the molecule is Cc1ccc(-c2nc(CSc3ncccc3Cl)co2)cc1. The van der Waals surface area contributed by atoms with Crippen LogP contribution in [0.5, 0.6) is 0 Å². The van der Waals surface area contributed by atoms with Gasteiger partial charge in [0, 0.05) is 17.5 Å². The van der Waals surface area contributed by atoms with E-state index in [1.807, 2.05) is 36.4 Å². The number of halogens is 1. The van der Waals surface area contributed by atoms with Crippen LogP contribution in [0.4, 0.5) is 0 Å². The first-order valence-electron chi connectivity index (χ1n) is 6.47. The van der Waals surface area contributed by atoms with E-state index in [2.05, 4.69) is 16.9 Å².